The fraction of sp³-hybridized carbons (Fsp3) is 0.0526. The predicted octanol–water partition coefficient (Wildman–Crippen LogP) is 3.95. The summed E-state index contributed by atoms with van der Waals surface area (Å²) >= 11 is 3.42. The van der Waals surface area contributed by atoms with Gasteiger partial charge in [-0.1, -0.05) is 46.3 Å². The number of carbonyl (C=O) groups is 1. The molecule has 0 unspecified atom stereocenters. The van der Waals surface area contributed by atoms with Gasteiger partial charge in [-0.3, -0.25) is 4.79 Å². The Balaban J connectivity index is 2.15. The molecule has 0 bridgehead atoms. The summed E-state index contributed by atoms with van der Waals surface area (Å²) in [5, 5.41) is 10.5. The lowest BCUT2D eigenvalue weighted by Crippen LogP contribution is -2.17. The maximum absolute atomic E-state index is 11.3. The number of hydrogen-bond acceptors (Lipinski definition) is 2. The molecule has 0 aliphatic rings. The van der Waals surface area contributed by atoms with Gasteiger partial charge < -0.3 is 10.3 Å². The van der Waals surface area contributed by atoms with Gasteiger partial charge in [0.2, 0.25) is 5.91 Å². The second-order valence-corrected chi connectivity index (χ2v) is 6.29. The van der Waals surface area contributed by atoms with Crippen LogP contribution in [-0.4, -0.2) is 10.5 Å². The van der Waals surface area contributed by atoms with E-state index in [1.165, 1.54) is 0 Å². The van der Waals surface area contributed by atoms with Gasteiger partial charge in [-0.25, -0.2) is 0 Å². The Morgan fingerprint density at radius 1 is 1.25 bits per heavy atom. The fourth-order valence-electron chi connectivity index (χ4n) is 2.68. The van der Waals surface area contributed by atoms with Crippen molar-refractivity contribution < 1.29 is 4.79 Å². The van der Waals surface area contributed by atoms with E-state index in [1.807, 2.05) is 60.8 Å². The van der Waals surface area contributed by atoms with E-state index >= 15 is 0 Å². The highest BCUT2D eigenvalue weighted by Gasteiger charge is 2.10. The first kappa shape index (κ1) is 16.0. The zero-order valence-electron chi connectivity index (χ0n) is 12.7. The minimum Gasteiger partial charge on any atom is -0.368 e. The molecule has 0 aliphatic heterocycles. The normalized spacial score (nSPS) is 11.4. The number of primary amides is 1. The number of rotatable bonds is 4. The Hall–Kier alpha value is -2.84. The second-order valence-electron chi connectivity index (χ2n) is 5.38. The number of para-hydroxylation sites is 1. The number of nitriles is 1. The molecule has 3 rings (SSSR count). The molecule has 1 heterocycles. The van der Waals surface area contributed by atoms with Crippen LogP contribution in [-0.2, 0) is 11.3 Å². The van der Waals surface area contributed by atoms with Crippen LogP contribution in [0.1, 0.15) is 11.1 Å². The molecule has 0 spiro atoms. The van der Waals surface area contributed by atoms with Gasteiger partial charge in [0.25, 0.3) is 0 Å². The molecule has 1 aromatic heterocycles. The summed E-state index contributed by atoms with van der Waals surface area (Å²) in [7, 11) is 0. The SMILES string of the molecule is N#CC(=Cc1cn(CC(N)=O)c2ccccc12)c1cccc(Br)c1. The van der Waals surface area contributed by atoms with Crippen molar-refractivity contribution in [1.82, 2.24) is 4.57 Å². The molecule has 1 amide bonds. The standard InChI is InChI=1S/C19H14BrN3O/c20-16-5-3-4-13(9-16)14(10-21)8-15-11-23(12-19(22)24)18-7-2-1-6-17(15)18/h1-9,11H,12H2,(H2,22,24). The molecule has 24 heavy (non-hydrogen) atoms. The second kappa shape index (κ2) is 6.73. The number of nitrogens with zero attached hydrogens (tertiary/aromatic N) is 2. The number of allylic oxidation sites excluding steroid dienone is 1. The van der Waals surface area contributed by atoms with Gasteiger partial charge in [-0.15, -0.1) is 0 Å². The van der Waals surface area contributed by atoms with Crippen LogP contribution in [0.5, 0.6) is 0 Å². The minimum absolute atomic E-state index is 0.104. The Labute approximate surface area is 147 Å². The van der Waals surface area contributed by atoms with Crippen molar-refractivity contribution in [2.75, 3.05) is 0 Å². The van der Waals surface area contributed by atoms with Crippen LogP contribution in [0, 0.1) is 11.3 Å². The third-order valence-electron chi connectivity index (χ3n) is 3.70. The molecule has 0 fully saturated rings. The molecule has 2 aromatic carbocycles. The van der Waals surface area contributed by atoms with Gasteiger partial charge in [0, 0.05) is 27.1 Å². The summed E-state index contributed by atoms with van der Waals surface area (Å²) < 4.78 is 2.72. The van der Waals surface area contributed by atoms with Crippen molar-refractivity contribution in [3.63, 3.8) is 0 Å². The number of benzene rings is 2. The van der Waals surface area contributed by atoms with Crippen LogP contribution in [0.3, 0.4) is 0 Å². The van der Waals surface area contributed by atoms with Crippen molar-refractivity contribution in [1.29, 1.82) is 5.26 Å². The van der Waals surface area contributed by atoms with Crippen molar-refractivity contribution in [3.8, 4) is 6.07 Å². The number of carbonyl (C=O) groups excluding carboxylic acids is 1. The van der Waals surface area contributed by atoms with Crippen molar-refractivity contribution in [2.24, 2.45) is 5.73 Å². The van der Waals surface area contributed by atoms with Crippen molar-refractivity contribution in [2.45, 2.75) is 6.54 Å². The van der Waals surface area contributed by atoms with Crippen LogP contribution in [0.4, 0.5) is 0 Å². The molecular formula is C19H14BrN3O. The van der Waals surface area contributed by atoms with E-state index in [0.29, 0.717) is 5.57 Å². The molecule has 0 radical (unpaired) electrons. The minimum atomic E-state index is -0.404. The summed E-state index contributed by atoms with van der Waals surface area (Å²) in [4.78, 5) is 11.3. The van der Waals surface area contributed by atoms with Crippen LogP contribution in [0.2, 0.25) is 0 Å². The molecule has 3 aromatic rings. The van der Waals surface area contributed by atoms with E-state index in [-0.39, 0.29) is 6.54 Å². The highest BCUT2D eigenvalue weighted by Crippen LogP contribution is 2.27. The van der Waals surface area contributed by atoms with Crippen LogP contribution in [0.25, 0.3) is 22.6 Å². The number of nitrogens with two attached hydrogens (primary N) is 1. The topological polar surface area (TPSA) is 71.8 Å². The Morgan fingerprint density at radius 3 is 2.75 bits per heavy atom. The summed E-state index contributed by atoms with van der Waals surface area (Å²) in [6.07, 6.45) is 3.69. The average molecular weight is 380 g/mol. The van der Waals surface area contributed by atoms with E-state index in [0.717, 1.165) is 26.5 Å². The third kappa shape index (κ3) is 3.24. The highest BCUT2D eigenvalue weighted by molar-refractivity contribution is 9.10. The van der Waals surface area contributed by atoms with Crippen molar-refractivity contribution in [3.05, 3.63) is 70.3 Å². The van der Waals surface area contributed by atoms with E-state index < -0.39 is 5.91 Å². The first-order valence-electron chi connectivity index (χ1n) is 7.32. The summed E-state index contributed by atoms with van der Waals surface area (Å²) in [6.45, 7) is 0.104. The van der Waals surface area contributed by atoms with E-state index in [2.05, 4.69) is 22.0 Å². The third-order valence-corrected chi connectivity index (χ3v) is 4.19. The van der Waals surface area contributed by atoms with Crippen molar-refractivity contribution >= 4 is 44.4 Å². The Bertz CT molecular complexity index is 995. The van der Waals surface area contributed by atoms with Gasteiger partial charge in [-0.2, -0.15) is 5.26 Å². The molecule has 0 saturated carbocycles. The van der Waals surface area contributed by atoms with E-state index in [1.54, 1.807) is 4.57 Å². The van der Waals surface area contributed by atoms with E-state index in [4.69, 9.17) is 5.73 Å². The van der Waals surface area contributed by atoms with Crippen LogP contribution in [0.15, 0.2) is 59.2 Å². The summed E-state index contributed by atoms with van der Waals surface area (Å²) in [6, 6.07) is 17.6. The highest BCUT2D eigenvalue weighted by atomic mass is 79.9. The molecule has 2 N–H and O–H groups in total. The lowest BCUT2D eigenvalue weighted by molar-refractivity contribution is -0.118. The number of aromatic nitrogens is 1. The molecule has 5 heteroatoms. The molecule has 4 nitrogen and oxygen atoms in total. The Morgan fingerprint density at radius 2 is 2.04 bits per heavy atom. The quantitative estimate of drug-likeness (QED) is 0.696. The largest absolute Gasteiger partial charge is 0.368 e. The number of fused-ring (bicyclic) bond motifs is 1. The lowest BCUT2D eigenvalue weighted by atomic mass is 10.0. The zero-order valence-corrected chi connectivity index (χ0v) is 14.3. The van der Waals surface area contributed by atoms with Gasteiger partial charge in [0.15, 0.2) is 0 Å². The van der Waals surface area contributed by atoms with Gasteiger partial charge >= 0.3 is 0 Å². The van der Waals surface area contributed by atoms with E-state index in [9.17, 15) is 10.1 Å². The first-order chi connectivity index (χ1) is 11.6. The lowest BCUT2D eigenvalue weighted by Gasteiger charge is -2.00. The monoisotopic (exact) mass is 379 g/mol. The maximum atomic E-state index is 11.3. The maximum Gasteiger partial charge on any atom is 0.237 e. The molecule has 0 atom stereocenters. The Kier molecular flexibility index (Phi) is 4.50. The van der Waals surface area contributed by atoms with Gasteiger partial charge in [-0.05, 0) is 29.8 Å². The van der Waals surface area contributed by atoms with Gasteiger partial charge in [0.05, 0.1) is 11.6 Å². The molecule has 0 saturated heterocycles. The first-order valence-corrected chi connectivity index (χ1v) is 8.11. The predicted molar refractivity (Wildman–Crippen MR) is 98.8 cm³/mol. The molecule has 118 valence electrons. The fourth-order valence-corrected chi connectivity index (χ4v) is 3.08. The number of halogens is 1. The summed E-state index contributed by atoms with van der Waals surface area (Å²) in [5.74, 6) is -0.404. The number of amides is 1. The summed E-state index contributed by atoms with van der Waals surface area (Å²) in [5.41, 5.74) is 8.50. The van der Waals surface area contributed by atoms with Crippen LogP contribution < -0.4 is 5.73 Å². The van der Waals surface area contributed by atoms with Gasteiger partial charge in [0.1, 0.15) is 6.54 Å². The molecule has 0 aliphatic carbocycles. The smallest absolute Gasteiger partial charge is 0.237 e. The molecular weight excluding hydrogens is 366 g/mol. The number of hydrogen-bond donors (Lipinski definition) is 1. The van der Waals surface area contributed by atoms with Crippen LogP contribution >= 0.6 is 15.9 Å². The average Bonchev–Trinajstić information content (AvgIpc) is 2.90. The zero-order chi connectivity index (χ0) is 17.1.